The van der Waals surface area contributed by atoms with Crippen molar-refractivity contribution in [3.8, 4) is 5.69 Å². The van der Waals surface area contributed by atoms with E-state index in [4.69, 9.17) is 11.6 Å². The molecule has 0 aliphatic carbocycles. The minimum Gasteiger partial charge on any atom is -0.351 e. The second kappa shape index (κ2) is 8.63. The maximum absolute atomic E-state index is 12.5. The lowest BCUT2D eigenvalue weighted by Crippen LogP contribution is -2.30. The molecule has 4 nitrogen and oxygen atoms in total. The Balaban J connectivity index is 1.65. The molecule has 1 aromatic heterocycles. The monoisotopic (exact) mass is 399 g/mol. The van der Waals surface area contributed by atoms with Crippen LogP contribution in [0.15, 0.2) is 59.5 Å². The van der Waals surface area contributed by atoms with Crippen LogP contribution >= 0.6 is 23.4 Å². The number of carbonyl (C=O) groups is 1. The van der Waals surface area contributed by atoms with Crippen LogP contribution in [0.5, 0.6) is 0 Å². The van der Waals surface area contributed by atoms with Crippen molar-refractivity contribution < 1.29 is 4.79 Å². The van der Waals surface area contributed by atoms with Crippen molar-refractivity contribution in [3.05, 3.63) is 76.6 Å². The zero-order valence-corrected chi connectivity index (χ0v) is 17.1. The smallest absolute Gasteiger partial charge is 0.233 e. The first-order chi connectivity index (χ1) is 13.0. The van der Waals surface area contributed by atoms with E-state index in [0.717, 1.165) is 27.5 Å². The van der Waals surface area contributed by atoms with Crippen molar-refractivity contribution in [2.75, 3.05) is 0 Å². The summed E-state index contributed by atoms with van der Waals surface area (Å²) in [7, 11) is 0. The van der Waals surface area contributed by atoms with Crippen molar-refractivity contribution in [1.29, 1.82) is 0 Å². The quantitative estimate of drug-likeness (QED) is 0.597. The maximum Gasteiger partial charge on any atom is 0.233 e. The summed E-state index contributed by atoms with van der Waals surface area (Å²) in [5, 5.41) is 8.16. The average Bonchev–Trinajstić information content (AvgIpc) is 2.96. The number of amides is 1. The number of aromatic nitrogens is 2. The van der Waals surface area contributed by atoms with Gasteiger partial charge in [-0.05, 0) is 57.2 Å². The van der Waals surface area contributed by atoms with E-state index in [1.54, 1.807) is 0 Å². The molecule has 0 saturated carbocycles. The van der Waals surface area contributed by atoms with E-state index in [1.165, 1.54) is 11.8 Å². The Hall–Kier alpha value is -2.24. The lowest BCUT2D eigenvalue weighted by molar-refractivity contribution is -0.120. The number of rotatable bonds is 6. The van der Waals surface area contributed by atoms with Gasteiger partial charge in [0.1, 0.15) is 0 Å². The van der Waals surface area contributed by atoms with Gasteiger partial charge in [-0.3, -0.25) is 4.79 Å². The lowest BCUT2D eigenvalue weighted by Gasteiger charge is -2.12. The van der Waals surface area contributed by atoms with E-state index in [-0.39, 0.29) is 11.2 Å². The van der Waals surface area contributed by atoms with Crippen molar-refractivity contribution in [1.82, 2.24) is 15.1 Å². The minimum absolute atomic E-state index is 0.00112. The molecule has 6 heteroatoms. The topological polar surface area (TPSA) is 46.9 Å². The zero-order chi connectivity index (χ0) is 19.4. The van der Waals surface area contributed by atoms with Gasteiger partial charge in [-0.1, -0.05) is 29.8 Å². The summed E-state index contributed by atoms with van der Waals surface area (Å²) in [5.41, 5.74) is 4.03. The molecule has 1 heterocycles. The molecular formula is C21H22ClN3OS. The molecule has 0 aliphatic heterocycles. The Kier molecular flexibility index (Phi) is 6.24. The van der Waals surface area contributed by atoms with Gasteiger partial charge in [-0.15, -0.1) is 11.8 Å². The third-order valence-electron chi connectivity index (χ3n) is 4.38. The normalized spacial score (nSPS) is 12.0. The van der Waals surface area contributed by atoms with Crippen LogP contribution in [0.1, 0.15) is 23.9 Å². The molecular weight excluding hydrogens is 378 g/mol. The second-order valence-electron chi connectivity index (χ2n) is 6.33. The number of para-hydroxylation sites is 1. The van der Waals surface area contributed by atoms with E-state index >= 15 is 0 Å². The average molecular weight is 400 g/mol. The zero-order valence-electron chi connectivity index (χ0n) is 15.6. The van der Waals surface area contributed by atoms with E-state index < -0.39 is 0 Å². The van der Waals surface area contributed by atoms with Crippen LogP contribution in [0.4, 0.5) is 0 Å². The van der Waals surface area contributed by atoms with Gasteiger partial charge < -0.3 is 5.32 Å². The number of thioether (sulfide) groups is 1. The lowest BCUT2D eigenvalue weighted by atomic mass is 10.2. The van der Waals surface area contributed by atoms with E-state index in [9.17, 15) is 4.79 Å². The summed E-state index contributed by atoms with van der Waals surface area (Å²) in [6.45, 7) is 6.37. The molecule has 140 valence electrons. The first kappa shape index (κ1) is 19.5. The molecule has 0 radical (unpaired) electrons. The molecule has 1 atom stereocenters. The van der Waals surface area contributed by atoms with Gasteiger partial charge in [0.05, 0.1) is 16.6 Å². The van der Waals surface area contributed by atoms with Gasteiger partial charge in [-0.2, -0.15) is 5.10 Å². The molecule has 0 aliphatic rings. The molecule has 27 heavy (non-hydrogen) atoms. The first-order valence-corrected chi connectivity index (χ1v) is 10.0. The first-order valence-electron chi connectivity index (χ1n) is 8.76. The van der Waals surface area contributed by atoms with Crippen molar-refractivity contribution in [2.45, 2.75) is 37.5 Å². The number of aryl methyl sites for hydroxylation is 1. The van der Waals surface area contributed by atoms with Crippen LogP contribution in [0.2, 0.25) is 5.02 Å². The van der Waals surface area contributed by atoms with E-state index in [2.05, 4.69) is 10.4 Å². The Bertz CT molecular complexity index is 923. The van der Waals surface area contributed by atoms with E-state index in [1.807, 2.05) is 80.1 Å². The summed E-state index contributed by atoms with van der Waals surface area (Å²) in [4.78, 5) is 13.5. The molecule has 0 saturated heterocycles. The van der Waals surface area contributed by atoms with Gasteiger partial charge in [0.2, 0.25) is 5.91 Å². The predicted molar refractivity (Wildman–Crippen MR) is 112 cm³/mol. The summed E-state index contributed by atoms with van der Waals surface area (Å²) in [6, 6.07) is 17.5. The molecule has 3 aromatic rings. The highest BCUT2D eigenvalue weighted by Crippen LogP contribution is 2.25. The molecule has 0 bridgehead atoms. The highest BCUT2D eigenvalue weighted by atomic mass is 35.5. The highest BCUT2D eigenvalue weighted by Gasteiger charge is 2.17. The Morgan fingerprint density at radius 2 is 1.81 bits per heavy atom. The number of carbonyl (C=O) groups excluding carboxylic acids is 1. The van der Waals surface area contributed by atoms with Crippen LogP contribution in [0, 0.1) is 13.8 Å². The molecule has 2 aromatic carbocycles. The van der Waals surface area contributed by atoms with Crippen molar-refractivity contribution in [3.63, 3.8) is 0 Å². The molecule has 0 spiro atoms. The summed E-state index contributed by atoms with van der Waals surface area (Å²) < 4.78 is 1.92. The highest BCUT2D eigenvalue weighted by molar-refractivity contribution is 8.00. The summed E-state index contributed by atoms with van der Waals surface area (Å²) >= 11 is 7.42. The Morgan fingerprint density at radius 3 is 2.48 bits per heavy atom. The third-order valence-corrected chi connectivity index (χ3v) is 5.74. The van der Waals surface area contributed by atoms with E-state index in [0.29, 0.717) is 11.6 Å². The standard InChI is InChI=1S/C21H22ClN3OS/c1-14-20(15(2)25(24-14)18-7-5-4-6-8-18)13-23-21(26)16(3)27-19-11-9-17(22)10-12-19/h4-12,16H,13H2,1-3H3,(H,23,26). The number of hydrogen-bond acceptors (Lipinski definition) is 3. The van der Waals surface area contributed by atoms with Gasteiger partial charge in [0.15, 0.2) is 0 Å². The molecule has 1 N–H and O–H groups in total. The van der Waals surface area contributed by atoms with Gasteiger partial charge in [-0.25, -0.2) is 4.68 Å². The fourth-order valence-electron chi connectivity index (χ4n) is 2.84. The van der Waals surface area contributed by atoms with Gasteiger partial charge in [0.25, 0.3) is 0 Å². The van der Waals surface area contributed by atoms with Crippen LogP contribution in [0.25, 0.3) is 5.69 Å². The fourth-order valence-corrected chi connectivity index (χ4v) is 3.86. The molecule has 1 unspecified atom stereocenters. The number of nitrogens with zero attached hydrogens (tertiary/aromatic N) is 2. The molecule has 1 amide bonds. The van der Waals surface area contributed by atoms with Gasteiger partial charge in [0, 0.05) is 27.7 Å². The summed E-state index contributed by atoms with van der Waals surface area (Å²) in [5.74, 6) is 0.00112. The number of benzene rings is 2. The van der Waals surface area contributed by atoms with Crippen molar-refractivity contribution >= 4 is 29.3 Å². The fraction of sp³-hybridized carbons (Fsp3) is 0.238. The van der Waals surface area contributed by atoms with Gasteiger partial charge >= 0.3 is 0 Å². The SMILES string of the molecule is Cc1nn(-c2ccccc2)c(C)c1CNC(=O)C(C)Sc1ccc(Cl)cc1. The Morgan fingerprint density at radius 1 is 1.15 bits per heavy atom. The predicted octanol–water partition coefficient (Wildman–Crippen LogP) is 4.94. The minimum atomic E-state index is -0.198. The number of nitrogens with one attached hydrogen (secondary N) is 1. The van der Waals surface area contributed by atoms with Crippen LogP contribution in [0.3, 0.4) is 0 Å². The van der Waals surface area contributed by atoms with Crippen molar-refractivity contribution in [2.24, 2.45) is 0 Å². The number of halogens is 1. The van der Waals surface area contributed by atoms with Crippen LogP contribution in [-0.4, -0.2) is 20.9 Å². The van der Waals surface area contributed by atoms with Crippen LogP contribution in [-0.2, 0) is 11.3 Å². The molecule has 0 fully saturated rings. The molecule has 3 rings (SSSR count). The number of hydrogen-bond donors (Lipinski definition) is 1. The third kappa shape index (κ3) is 4.73. The second-order valence-corrected chi connectivity index (χ2v) is 8.18. The Labute approximate surface area is 168 Å². The largest absolute Gasteiger partial charge is 0.351 e. The maximum atomic E-state index is 12.5. The van der Waals surface area contributed by atoms with Crippen LogP contribution < -0.4 is 5.32 Å². The summed E-state index contributed by atoms with van der Waals surface area (Å²) in [6.07, 6.45) is 0.